The molecule has 0 unspecified atom stereocenters. The molecule has 36 heavy (non-hydrogen) atoms. The van der Waals surface area contributed by atoms with Crippen molar-refractivity contribution in [3.8, 4) is 0 Å². The largest absolute Gasteiger partial charge is 0.381 e. The van der Waals surface area contributed by atoms with Crippen molar-refractivity contribution in [1.82, 2.24) is 29.2 Å². The lowest BCUT2D eigenvalue weighted by Gasteiger charge is -2.34. The molecule has 3 fully saturated rings. The van der Waals surface area contributed by atoms with E-state index in [4.69, 9.17) is 4.74 Å². The van der Waals surface area contributed by atoms with Crippen molar-refractivity contribution < 1.29 is 19.4 Å². The number of imidazole rings is 1. The third kappa shape index (κ3) is 6.88. The number of aliphatic hydroxyl groups is 1. The van der Waals surface area contributed by atoms with Crippen LogP contribution < -0.4 is 14.9 Å². The van der Waals surface area contributed by atoms with Crippen molar-refractivity contribution in [3.63, 3.8) is 0 Å². The van der Waals surface area contributed by atoms with Crippen LogP contribution in [0.15, 0.2) is 23.4 Å². The number of nitrogens with one attached hydrogen (secondary N) is 2. The first-order chi connectivity index (χ1) is 17.3. The maximum absolute atomic E-state index is 13.1. The summed E-state index contributed by atoms with van der Waals surface area (Å²) in [5.41, 5.74) is 1.57. The van der Waals surface area contributed by atoms with Gasteiger partial charge in [0.2, 0.25) is 6.41 Å². The number of nitrogens with zero attached hydrogens (tertiary/aromatic N) is 5. The summed E-state index contributed by atoms with van der Waals surface area (Å²) in [6, 6.07) is 2.24. The van der Waals surface area contributed by atoms with Gasteiger partial charge in [0.05, 0.1) is 11.9 Å². The molecule has 5 rings (SSSR count). The molecule has 2 saturated heterocycles. The SMILES string of the molecule is CN(C)C=O.CN1CCN(c2cc(SNC3(O)CC3)cn3c(C(=O)NC4CCOCC4)cnc23)CC1. The zero-order chi connectivity index (χ0) is 25.7. The summed E-state index contributed by atoms with van der Waals surface area (Å²) < 4.78 is 10.4. The van der Waals surface area contributed by atoms with E-state index >= 15 is 0 Å². The van der Waals surface area contributed by atoms with Gasteiger partial charge < -0.3 is 29.9 Å². The highest BCUT2D eigenvalue weighted by molar-refractivity contribution is 7.97. The molecule has 2 amide bonds. The topological polar surface area (TPSA) is 115 Å². The van der Waals surface area contributed by atoms with E-state index in [1.54, 1.807) is 20.3 Å². The Hall–Kier alpha value is -2.38. The Balaban J connectivity index is 0.000000556. The van der Waals surface area contributed by atoms with E-state index in [0.717, 1.165) is 74.5 Å². The van der Waals surface area contributed by atoms with Crippen LogP contribution in [-0.2, 0) is 9.53 Å². The molecule has 3 aliphatic rings. The molecule has 1 saturated carbocycles. The number of pyridine rings is 1. The zero-order valence-electron chi connectivity index (χ0n) is 21.3. The number of rotatable bonds is 7. The smallest absolute Gasteiger partial charge is 0.270 e. The van der Waals surface area contributed by atoms with E-state index in [-0.39, 0.29) is 11.9 Å². The Bertz CT molecular complexity index is 1040. The Morgan fingerprint density at radius 3 is 2.53 bits per heavy atom. The van der Waals surface area contributed by atoms with E-state index in [1.165, 1.54) is 16.8 Å². The predicted octanol–water partition coefficient (Wildman–Crippen LogP) is 0.778. The number of likely N-dealkylation sites (N-methyl/N-ethyl adjacent to an activating group) is 1. The van der Waals surface area contributed by atoms with Crippen molar-refractivity contribution in [2.75, 3.05) is 65.4 Å². The number of carbonyl (C=O) groups excluding carboxylic acids is 2. The average molecular weight is 520 g/mol. The number of ether oxygens (including phenoxy) is 1. The second-order valence-corrected chi connectivity index (χ2v) is 10.7. The first-order valence-electron chi connectivity index (χ1n) is 12.4. The Labute approximate surface area is 216 Å². The molecule has 2 aromatic heterocycles. The number of hydrogen-bond acceptors (Lipinski definition) is 9. The number of piperazine rings is 1. The van der Waals surface area contributed by atoms with Crippen LogP contribution in [0.3, 0.4) is 0 Å². The lowest BCUT2D eigenvalue weighted by atomic mass is 10.1. The van der Waals surface area contributed by atoms with Crippen LogP contribution in [0.2, 0.25) is 0 Å². The third-order valence-electron chi connectivity index (χ3n) is 6.49. The maximum atomic E-state index is 13.1. The second-order valence-electron chi connectivity index (χ2n) is 9.85. The highest BCUT2D eigenvalue weighted by Crippen LogP contribution is 2.36. The van der Waals surface area contributed by atoms with E-state index in [1.807, 2.05) is 10.6 Å². The van der Waals surface area contributed by atoms with Gasteiger partial charge in [-0.05, 0) is 50.7 Å². The molecule has 1 aliphatic carbocycles. The Kier molecular flexibility index (Phi) is 8.73. The molecule has 2 aromatic rings. The van der Waals surface area contributed by atoms with Crippen molar-refractivity contribution >= 4 is 35.6 Å². The molecule has 12 heteroatoms. The van der Waals surface area contributed by atoms with E-state index in [0.29, 0.717) is 18.9 Å². The second kappa shape index (κ2) is 11.8. The minimum Gasteiger partial charge on any atom is -0.381 e. The zero-order valence-corrected chi connectivity index (χ0v) is 22.1. The third-order valence-corrected chi connectivity index (χ3v) is 7.43. The Morgan fingerprint density at radius 1 is 1.25 bits per heavy atom. The van der Waals surface area contributed by atoms with Gasteiger partial charge >= 0.3 is 0 Å². The van der Waals surface area contributed by atoms with Crippen LogP contribution in [0, 0.1) is 0 Å². The van der Waals surface area contributed by atoms with Crippen molar-refractivity contribution in [3.05, 3.63) is 24.2 Å². The van der Waals surface area contributed by atoms with Crippen molar-refractivity contribution in [2.45, 2.75) is 42.3 Å². The van der Waals surface area contributed by atoms with Gasteiger partial charge in [-0.1, -0.05) is 0 Å². The maximum Gasteiger partial charge on any atom is 0.270 e. The standard InChI is InChI=1S/C21H30N6O3S.C3H7NO/c1-25-6-8-26(9-7-25)17-12-16(31-24-21(29)4-5-21)14-27-18(13-22-19(17)27)20(28)23-15-2-10-30-11-3-15;1-4(2)3-5/h12-15,24,29H,2-11H2,1H3,(H,23,28);3H,1-2H3. The van der Waals surface area contributed by atoms with Gasteiger partial charge in [-0.15, -0.1) is 0 Å². The van der Waals surface area contributed by atoms with Gasteiger partial charge in [-0.25, -0.2) is 9.71 Å². The van der Waals surface area contributed by atoms with Gasteiger partial charge in [-0.3, -0.25) is 14.0 Å². The van der Waals surface area contributed by atoms with Gasteiger partial charge in [-0.2, -0.15) is 0 Å². The first-order valence-corrected chi connectivity index (χ1v) is 13.2. The number of amides is 2. The van der Waals surface area contributed by atoms with E-state index in [9.17, 15) is 14.7 Å². The summed E-state index contributed by atoms with van der Waals surface area (Å²) in [6.07, 6.45) is 7.54. The van der Waals surface area contributed by atoms with Crippen LogP contribution in [-0.4, -0.2) is 109 Å². The van der Waals surface area contributed by atoms with Gasteiger partial charge in [0.15, 0.2) is 5.65 Å². The summed E-state index contributed by atoms with van der Waals surface area (Å²) in [5.74, 6) is -0.111. The van der Waals surface area contributed by atoms with Gasteiger partial charge in [0.25, 0.3) is 5.91 Å². The highest BCUT2D eigenvalue weighted by atomic mass is 32.2. The molecular formula is C24H37N7O4S. The monoisotopic (exact) mass is 519 g/mol. The normalized spacial score (nSPS) is 19.9. The predicted molar refractivity (Wildman–Crippen MR) is 139 cm³/mol. The molecule has 0 spiro atoms. The number of aromatic nitrogens is 2. The van der Waals surface area contributed by atoms with Crippen LogP contribution in [0.4, 0.5) is 5.69 Å². The van der Waals surface area contributed by atoms with Gasteiger partial charge in [0.1, 0.15) is 11.4 Å². The number of fused-ring (bicyclic) bond motifs is 1. The van der Waals surface area contributed by atoms with Crippen LogP contribution >= 0.6 is 11.9 Å². The number of hydrogen-bond donors (Lipinski definition) is 3. The molecule has 198 valence electrons. The minimum atomic E-state index is -0.772. The molecule has 0 bridgehead atoms. The molecule has 2 aliphatic heterocycles. The highest BCUT2D eigenvalue weighted by Gasteiger charge is 2.40. The van der Waals surface area contributed by atoms with Crippen LogP contribution in [0.5, 0.6) is 0 Å². The fourth-order valence-electron chi connectivity index (χ4n) is 4.02. The first kappa shape index (κ1) is 26.7. The quantitative estimate of drug-likeness (QED) is 0.277. The van der Waals surface area contributed by atoms with Crippen molar-refractivity contribution in [1.29, 1.82) is 0 Å². The Morgan fingerprint density at radius 2 is 1.92 bits per heavy atom. The average Bonchev–Trinajstić information content (AvgIpc) is 3.46. The molecule has 4 heterocycles. The number of anilines is 1. The summed E-state index contributed by atoms with van der Waals surface area (Å²) in [7, 11) is 5.51. The summed E-state index contributed by atoms with van der Waals surface area (Å²) >= 11 is 1.41. The van der Waals surface area contributed by atoms with Crippen LogP contribution in [0.25, 0.3) is 5.65 Å². The minimum absolute atomic E-state index is 0.111. The fraction of sp³-hybridized carbons (Fsp3) is 0.625. The molecule has 0 atom stereocenters. The molecular weight excluding hydrogens is 482 g/mol. The summed E-state index contributed by atoms with van der Waals surface area (Å²) in [5, 5.41) is 13.3. The lowest BCUT2D eigenvalue weighted by Crippen LogP contribution is -2.44. The molecule has 11 nitrogen and oxygen atoms in total. The molecule has 0 aromatic carbocycles. The fourth-order valence-corrected chi connectivity index (χ4v) is 4.86. The molecule has 3 N–H and O–H groups in total. The van der Waals surface area contributed by atoms with Gasteiger partial charge in [0, 0.05) is 70.6 Å². The molecule has 0 radical (unpaired) electrons. The summed E-state index contributed by atoms with van der Waals surface area (Å²) in [4.78, 5) is 34.2. The van der Waals surface area contributed by atoms with Crippen LogP contribution in [0.1, 0.15) is 36.2 Å². The van der Waals surface area contributed by atoms with E-state index in [2.05, 4.69) is 37.9 Å². The van der Waals surface area contributed by atoms with E-state index < -0.39 is 5.72 Å². The van der Waals surface area contributed by atoms with Crippen molar-refractivity contribution in [2.24, 2.45) is 0 Å². The summed E-state index contributed by atoms with van der Waals surface area (Å²) in [6.45, 7) is 5.16. The lowest BCUT2D eigenvalue weighted by molar-refractivity contribution is -0.115. The number of carbonyl (C=O) groups is 2.